The second kappa shape index (κ2) is 5.94. The van der Waals surface area contributed by atoms with Gasteiger partial charge in [0.25, 0.3) is 0 Å². The highest BCUT2D eigenvalue weighted by Crippen LogP contribution is 2.22. The number of piperazine rings is 1. The van der Waals surface area contributed by atoms with Gasteiger partial charge in [0.1, 0.15) is 0 Å². The first-order valence-corrected chi connectivity index (χ1v) is 8.72. The topological polar surface area (TPSA) is 52.7 Å². The Kier molecular flexibility index (Phi) is 4.60. The number of nitrogens with zero attached hydrogens (tertiary/aromatic N) is 2. The summed E-state index contributed by atoms with van der Waals surface area (Å²) in [7, 11) is -1.56. The number of anilines is 1. The maximum absolute atomic E-state index is 12.6. The Morgan fingerprint density at radius 3 is 1.95 bits per heavy atom. The van der Waals surface area contributed by atoms with Gasteiger partial charge in [-0.05, 0) is 45.0 Å². The summed E-state index contributed by atoms with van der Waals surface area (Å²) in [4.78, 5) is 2.69. The van der Waals surface area contributed by atoms with E-state index in [-0.39, 0.29) is 5.54 Å². The van der Waals surface area contributed by atoms with Crippen molar-refractivity contribution in [1.29, 1.82) is 0 Å². The summed E-state index contributed by atoms with van der Waals surface area (Å²) in [5, 5.41) is 2.99. The van der Waals surface area contributed by atoms with E-state index in [0.29, 0.717) is 18.0 Å². The molecule has 0 aromatic heterocycles. The highest BCUT2D eigenvalue weighted by atomic mass is 32.2. The van der Waals surface area contributed by atoms with E-state index in [1.807, 2.05) is 7.05 Å². The number of rotatable bonds is 3. The molecule has 0 spiro atoms. The minimum absolute atomic E-state index is 0.0876. The van der Waals surface area contributed by atoms with Crippen molar-refractivity contribution < 1.29 is 8.42 Å². The van der Waals surface area contributed by atoms with Crippen LogP contribution in [0.1, 0.15) is 20.8 Å². The number of benzene rings is 1. The van der Waals surface area contributed by atoms with Crippen molar-refractivity contribution in [3.05, 3.63) is 24.3 Å². The number of nitrogens with one attached hydrogen (secondary N) is 1. The van der Waals surface area contributed by atoms with Crippen molar-refractivity contribution >= 4 is 15.7 Å². The van der Waals surface area contributed by atoms with Gasteiger partial charge in [0.05, 0.1) is 4.90 Å². The van der Waals surface area contributed by atoms with E-state index < -0.39 is 10.0 Å². The van der Waals surface area contributed by atoms with Gasteiger partial charge in [0.2, 0.25) is 10.0 Å². The van der Waals surface area contributed by atoms with Crippen LogP contribution in [0.5, 0.6) is 0 Å². The number of sulfonamides is 1. The summed E-state index contributed by atoms with van der Waals surface area (Å²) in [5.41, 5.74) is 0.996. The first kappa shape index (κ1) is 16.3. The van der Waals surface area contributed by atoms with Gasteiger partial charge in [-0.1, -0.05) is 0 Å². The maximum Gasteiger partial charge on any atom is 0.243 e. The Balaban J connectivity index is 2.11. The van der Waals surface area contributed by atoms with Gasteiger partial charge in [-0.25, -0.2) is 8.42 Å². The van der Waals surface area contributed by atoms with E-state index in [4.69, 9.17) is 0 Å². The van der Waals surface area contributed by atoms with Gasteiger partial charge in [-0.3, -0.25) is 4.90 Å². The average molecular weight is 311 g/mol. The van der Waals surface area contributed by atoms with Crippen LogP contribution in [0, 0.1) is 0 Å². The highest BCUT2D eigenvalue weighted by Gasteiger charge is 2.31. The van der Waals surface area contributed by atoms with Crippen LogP contribution in [0.3, 0.4) is 0 Å². The van der Waals surface area contributed by atoms with Crippen LogP contribution in [-0.4, -0.2) is 56.4 Å². The first-order chi connectivity index (χ1) is 9.75. The van der Waals surface area contributed by atoms with Crippen molar-refractivity contribution in [3.8, 4) is 0 Å². The summed E-state index contributed by atoms with van der Waals surface area (Å²) >= 11 is 0. The van der Waals surface area contributed by atoms with E-state index in [9.17, 15) is 8.42 Å². The lowest BCUT2D eigenvalue weighted by atomic mass is 10.1. The predicted molar refractivity (Wildman–Crippen MR) is 86.1 cm³/mol. The molecule has 118 valence electrons. The fourth-order valence-corrected chi connectivity index (χ4v) is 3.96. The van der Waals surface area contributed by atoms with E-state index >= 15 is 0 Å². The molecular formula is C15H25N3O2S. The van der Waals surface area contributed by atoms with Crippen molar-refractivity contribution in [1.82, 2.24) is 9.21 Å². The summed E-state index contributed by atoms with van der Waals surface area (Å²) in [6, 6.07) is 6.91. The SMILES string of the molecule is CNc1ccc(S(=O)(=O)N2CCN(C(C)(C)C)CC2)cc1. The smallest absolute Gasteiger partial charge is 0.243 e. The molecule has 1 aromatic carbocycles. The largest absolute Gasteiger partial charge is 0.388 e. The lowest BCUT2D eigenvalue weighted by Crippen LogP contribution is -2.54. The third-order valence-electron chi connectivity index (χ3n) is 3.97. The normalized spacial score (nSPS) is 18.7. The minimum atomic E-state index is -3.38. The Morgan fingerprint density at radius 1 is 1.00 bits per heavy atom. The lowest BCUT2D eigenvalue weighted by Gasteiger charge is -2.41. The molecule has 0 unspecified atom stereocenters. The van der Waals surface area contributed by atoms with E-state index in [2.05, 4.69) is 31.0 Å². The molecule has 1 aromatic rings. The molecule has 1 N–H and O–H groups in total. The summed E-state index contributed by atoms with van der Waals surface area (Å²) < 4.78 is 26.8. The second-order valence-electron chi connectivity index (χ2n) is 6.34. The van der Waals surface area contributed by atoms with E-state index in [1.165, 1.54) is 0 Å². The van der Waals surface area contributed by atoms with Gasteiger partial charge in [0.15, 0.2) is 0 Å². The molecule has 1 heterocycles. The standard InChI is InChI=1S/C15H25N3O2S/c1-15(2,3)17-9-11-18(12-10-17)21(19,20)14-7-5-13(16-4)6-8-14/h5-8,16H,9-12H2,1-4H3. The van der Waals surface area contributed by atoms with Crippen LogP contribution < -0.4 is 5.32 Å². The van der Waals surface area contributed by atoms with Crippen molar-refractivity contribution in [3.63, 3.8) is 0 Å². The highest BCUT2D eigenvalue weighted by molar-refractivity contribution is 7.89. The molecule has 1 saturated heterocycles. The van der Waals surface area contributed by atoms with Gasteiger partial charge < -0.3 is 5.32 Å². The van der Waals surface area contributed by atoms with Crippen LogP contribution in [-0.2, 0) is 10.0 Å². The molecular weight excluding hydrogens is 286 g/mol. The van der Waals surface area contributed by atoms with Gasteiger partial charge in [0, 0.05) is 44.5 Å². The zero-order chi connectivity index (χ0) is 15.7. The Bertz CT molecular complexity index is 568. The van der Waals surface area contributed by atoms with Crippen molar-refractivity contribution in [2.45, 2.75) is 31.2 Å². The first-order valence-electron chi connectivity index (χ1n) is 7.28. The molecule has 0 bridgehead atoms. The van der Waals surface area contributed by atoms with Crippen LogP contribution in [0.4, 0.5) is 5.69 Å². The Morgan fingerprint density at radius 2 is 1.52 bits per heavy atom. The minimum Gasteiger partial charge on any atom is -0.388 e. The summed E-state index contributed by atoms with van der Waals surface area (Å²) in [5.74, 6) is 0. The molecule has 2 rings (SSSR count). The van der Waals surface area contributed by atoms with Gasteiger partial charge in [-0.15, -0.1) is 0 Å². The molecule has 0 saturated carbocycles. The monoisotopic (exact) mass is 311 g/mol. The number of hydrogen-bond acceptors (Lipinski definition) is 4. The molecule has 1 aliphatic heterocycles. The molecule has 0 aliphatic carbocycles. The predicted octanol–water partition coefficient (Wildman–Crippen LogP) is 1.83. The number of hydrogen-bond donors (Lipinski definition) is 1. The van der Waals surface area contributed by atoms with Crippen molar-refractivity contribution in [2.75, 3.05) is 38.5 Å². The Labute approximate surface area is 128 Å². The fourth-order valence-electron chi connectivity index (χ4n) is 2.54. The van der Waals surface area contributed by atoms with Crippen LogP contribution in [0.15, 0.2) is 29.2 Å². The second-order valence-corrected chi connectivity index (χ2v) is 8.27. The zero-order valence-corrected chi connectivity index (χ0v) is 14.1. The van der Waals surface area contributed by atoms with Gasteiger partial charge >= 0.3 is 0 Å². The molecule has 6 heteroatoms. The molecule has 1 fully saturated rings. The van der Waals surface area contributed by atoms with Crippen molar-refractivity contribution in [2.24, 2.45) is 0 Å². The molecule has 5 nitrogen and oxygen atoms in total. The van der Waals surface area contributed by atoms with E-state index in [1.54, 1.807) is 28.6 Å². The Hall–Kier alpha value is -1.11. The average Bonchev–Trinajstić information content (AvgIpc) is 2.46. The zero-order valence-electron chi connectivity index (χ0n) is 13.3. The molecule has 0 radical (unpaired) electrons. The maximum atomic E-state index is 12.6. The summed E-state index contributed by atoms with van der Waals surface area (Å²) in [6.45, 7) is 9.13. The quantitative estimate of drug-likeness (QED) is 0.925. The van der Waals surface area contributed by atoms with Crippen LogP contribution in [0.25, 0.3) is 0 Å². The molecule has 1 aliphatic rings. The third kappa shape index (κ3) is 3.56. The van der Waals surface area contributed by atoms with Crippen LogP contribution >= 0.6 is 0 Å². The lowest BCUT2D eigenvalue weighted by molar-refractivity contribution is 0.0922. The summed E-state index contributed by atoms with van der Waals surface area (Å²) in [6.07, 6.45) is 0. The third-order valence-corrected chi connectivity index (χ3v) is 5.88. The molecule has 0 amide bonds. The van der Waals surface area contributed by atoms with E-state index in [0.717, 1.165) is 18.8 Å². The fraction of sp³-hybridized carbons (Fsp3) is 0.600. The molecule has 21 heavy (non-hydrogen) atoms. The molecule has 0 atom stereocenters. The van der Waals surface area contributed by atoms with Crippen LogP contribution in [0.2, 0.25) is 0 Å². The van der Waals surface area contributed by atoms with Gasteiger partial charge in [-0.2, -0.15) is 4.31 Å².